The van der Waals surface area contributed by atoms with Crippen LogP contribution in [0.15, 0.2) is 34.9 Å². The summed E-state index contributed by atoms with van der Waals surface area (Å²) in [5, 5.41) is 6.81. The number of carbonyl (C=O) groups excluding carboxylic acids is 1. The minimum absolute atomic E-state index is 0.0780. The summed E-state index contributed by atoms with van der Waals surface area (Å²) in [6, 6.07) is 7.41. The fourth-order valence-electron chi connectivity index (χ4n) is 2.63. The van der Waals surface area contributed by atoms with E-state index in [1.165, 1.54) is 24.3 Å². The molecule has 1 amide bonds. The Balaban J connectivity index is 1.41. The third kappa shape index (κ3) is 5.56. The molecule has 2 heterocycles. The number of hydrogen-bond acceptors (Lipinski definition) is 5. The first-order valence-corrected chi connectivity index (χ1v) is 8.36. The van der Waals surface area contributed by atoms with Crippen molar-refractivity contribution in [1.82, 2.24) is 10.5 Å². The molecule has 7 heteroatoms. The second-order valence-corrected chi connectivity index (χ2v) is 6.06. The van der Waals surface area contributed by atoms with Gasteiger partial charge in [-0.25, -0.2) is 4.39 Å². The Kier molecular flexibility index (Phi) is 6.00. The molecular weight excluding hydrogens is 327 g/mol. The van der Waals surface area contributed by atoms with Crippen LogP contribution in [0.4, 0.5) is 4.39 Å². The van der Waals surface area contributed by atoms with Crippen LogP contribution in [-0.2, 0) is 22.6 Å². The van der Waals surface area contributed by atoms with Gasteiger partial charge in [0.2, 0.25) is 5.91 Å². The number of aromatic nitrogens is 1. The molecule has 0 radical (unpaired) electrons. The van der Waals surface area contributed by atoms with Crippen LogP contribution in [-0.4, -0.2) is 30.8 Å². The highest BCUT2D eigenvalue weighted by molar-refractivity contribution is 5.78. The molecule has 0 aliphatic carbocycles. The third-order valence-electron chi connectivity index (χ3n) is 4.07. The van der Waals surface area contributed by atoms with Crippen molar-refractivity contribution >= 4 is 5.91 Å². The van der Waals surface area contributed by atoms with E-state index in [0.717, 1.165) is 26.1 Å². The lowest BCUT2D eigenvalue weighted by Crippen LogP contribution is -2.33. The molecular formula is C18H21FN2O4. The molecule has 1 fully saturated rings. The third-order valence-corrected chi connectivity index (χ3v) is 4.07. The van der Waals surface area contributed by atoms with Crippen molar-refractivity contribution in [2.75, 3.05) is 19.8 Å². The van der Waals surface area contributed by atoms with E-state index in [9.17, 15) is 9.18 Å². The second-order valence-electron chi connectivity index (χ2n) is 6.06. The van der Waals surface area contributed by atoms with Gasteiger partial charge in [-0.05, 0) is 43.0 Å². The van der Waals surface area contributed by atoms with Crippen molar-refractivity contribution in [3.63, 3.8) is 0 Å². The zero-order chi connectivity index (χ0) is 17.5. The second kappa shape index (κ2) is 8.62. The first kappa shape index (κ1) is 17.4. The van der Waals surface area contributed by atoms with Gasteiger partial charge in [-0.2, -0.15) is 0 Å². The van der Waals surface area contributed by atoms with Gasteiger partial charge < -0.3 is 19.3 Å². The number of halogens is 1. The summed E-state index contributed by atoms with van der Waals surface area (Å²) in [5.74, 6) is 1.13. The SMILES string of the molecule is O=C(Cc1cc(COc2ccc(F)cc2)on1)NCC1CCOCC1. The minimum Gasteiger partial charge on any atom is -0.486 e. The molecule has 1 aromatic carbocycles. The van der Waals surface area contributed by atoms with Gasteiger partial charge in [-0.3, -0.25) is 4.79 Å². The summed E-state index contributed by atoms with van der Waals surface area (Å²) in [6.45, 7) is 2.37. The average molecular weight is 348 g/mol. The van der Waals surface area contributed by atoms with Crippen LogP contribution in [0.3, 0.4) is 0 Å². The van der Waals surface area contributed by atoms with E-state index in [1.807, 2.05) is 0 Å². The van der Waals surface area contributed by atoms with E-state index >= 15 is 0 Å². The number of ether oxygens (including phenoxy) is 2. The molecule has 1 aliphatic rings. The van der Waals surface area contributed by atoms with E-state index in [0.29, 0.717) is 29.7 Å². The Morgan fingerprint density at radius 2 is 2.04 bits per heavy atom. The number of hydrogen-bond donors (Lipinski definition) is 1. The topological polar surface area (TPSA) is 73.6 Å². The summed E-state index contributed by atoms with van der Waals surface area (Å²) in [4.78, 5) is 12.0. The van der Waals surface area contributed by atoms with Crippen LogP contribution in [0.5, 0.6) is 5.75 Å². The maximum Gasteiger partial charge on any atom is 0.226 e. The predicted molar refractivity (Wildman–Crippen MR) is 87.5 cm³/mol. The van der Waals surface area contributed by atoms with Crippen LogP contribution >= 0.6 is 0 Å². The van der Waals surface area contributed by atoms with E-state index in [1.54, 1.807) is 6.07 Å². The molecule has 0 bridgehead atoms. The Morgan fingerprint density at radius 3 is 2.80 bits per heavy atom. The van der Waals surface area contributed by atoms with E-state index in [4.69, 9.17) is 14.0 Å². The molecule has 0 unspecified atom stereocenters. The largest absolute Gasteiger partial charge is 0.486 e. The monoisotopic (exact) mass is 348 g/mol. The number of rotatable bonds is 7. The quantitative estimate of drug-likeness (QED) is 0.832. The number of benzene rings is 1. The summed E-state index contributed by atoms with van der Waals surface area (Å²) in [5.41, 5.74) is 0.558. The minimum atomic E-state index is -0.318. The van der Waals surface area contributed by atoms with E-state index < -0.39 is 0 Å². The van der Waals surface area contributed by atoms with Crippen molar-refractivity contribution in [1.29, 1.82) is 0 Å². The van der Waals surface area contributed by atoms with Gasteiger partial charge in [0.05, 0.1) is 12.1 Å². The molecule has 1 N–H and O–H groups in total. The molecule has 0 spiro atoms. The lowest BCUT2D eigenvalue weighted by Gasteiger charge is -2.21. The maximum absolute atomic E-state index is 12.8. The normalized spacial score (nSPS) is 15.1. The summed E-state index contributed by atoms with van der Waals surface area (Å²) < 4.78 is 28.8. The Labute approximate surface area is 145 Å². The van der Waals surface area contributed by atoms with Gasteiger partial charge in [-0.15, -0.1) is 0 Å². The fraction of sp³-hybridized carbons (Fsp3) is 0.444. The highest BCUT2D eigenvalue weighted by Crippen LogP contribution is 2.15. The van der Waals surface area contributed by atoms with Crippen LogP contribution < -0.4 is 10.1 Å². The average Bonchev–Trinajstić information content (AvgIpc) is 3.08. The maximum atomic E-state index is 12.8. The van der Waals surface area contributed by atoms with Gasteiger partial charge in [-0.1, -0.05) is 5.16 Å². The summed E-state index contributed by atoms with van der Waals surface area (Å²) >= 11 is 0. The lowest BCUT2D eigenvalue weighted by atomic mass is 10.0. The van der Waals surface area contributed by atoms with Crippen molar-refractivity contribution in [3.05, 3.63) is 47.6 Å². The Bertz CT molecular complexity index is 681. The van der Waals surface area contributed by atoms with Crippen LogP contribution in [0, 0.1) is 11.7 Å². The molecule has 3 rings (SSSR count). The van der Waals surface area contributed by atoms with Gasteiger partial charge >= 0.3 is 0 Å². The Hall–Kier alpha value is -2.41. The molecule has 0 atom stereocenters. The lowest BCUT2D eigenvalue weighted by molar-refractivity contribution is -0.120. The molecule has 25 heavy (non-hydrogen) atoms. The zero-order valence-electron chi connectivity index (χ0n) is 13.9. The first-order valence-electron chi connectivity index (χ1n) is 8.36. The fourth-order valence-corrected chi connectivity index (χ4v) is 2.63. The molecule has 0 saturated carbocycles. The van der Waals surface area contributed by atoms with Gasteiger partial charge in [0.15, 0.2) is 5.76 Å². The highest BCUT2D eigenvalue weighted by atomic mass is 19.1. The van der Waals surface area contributed by atoms with Crippen molar-refractivity contribution in [2.24, 2.45) is 5.92 Å². The molecule has 2 aromatic rings. The van der Waals surface area contributed by atoms with Gasteiger partial charge in [0.1, 0.15) is 18.2 Å². The van der Waals surface area contributed by atoms with Crippen molar-refractivity contribution < 1.29 is 23.2 Å². The number of nitrogens with zero attached hydrogens (tertiary/aromatic N) is 1. The summed E-state index contributed by atoms with van der Waals surface area (Å²) in [6.07, 6.45) is 2.13. The molecule has 6 nitrogen and oxygen atoms in total. The highest BCUT2D eigenvalue weighted by Gasteiger charge is 2.15. The van der Waals surface area contributed by atoms with Gasteiger partial charge in [0, 0.05) is 25.8 Å². The molecule has 1 saturated heterocycles. The zero-order valence-corrected chi connectivity index (χ0v) is 13.9. The number of amides is 1. The summed E-state index contributed by atoms with van der Waals surface area (Å²) in [7, 11) is 0. The standard InChI is InChI=1S/C18H21FN2O4/c19-14-1-3-16(4-2-14)24-12-17-9-15(21-25-17)10-18(22)20-11-13-5-7-23-8-6-13/h1-4,9,13H,5-8,10-12H2,(H,20,22). The smallest absolute Gasteiger partial charge is 0.226 e. The van der Waals surface area contributed by atoms with Crippen LogP contribution in [0.2, 0.25) is 0 Å². The van der Waals surface area contributed by atoms with Crippen molar-refractivity contribution in [3.8, 4) is 5.75 Å². The van der Waals surface area contributed by atoms with Crippen LogP contribution in [0.25, 0.3) is 0 Å². The first-order chi connectivity index (χ1) is 12.2. The molecule has 134 valence electrons. The van der Waals surface area contributed by atoms with Gasteiger partial charge in [0.25, 0.3) is 0 Å². The van der Waals surface area contributed by atoms with Crippen LogP contribution in [0.1, 0.15) is 24.3 Å². The molecule has 1 aromatic heterocycles. The Morgan fingerprint density at radius 1 is 1.28 bits per heavy atom. The number of nitrogens with one attached hydrogen (secondary N) is 1. The predicted octanol–water partition coefficient (Wildman–Crippen LogP) is 2.48. The number of carbonyl (C=O) groups is 1. The molecule has 1 aliphatic heterocycles. The van der Waals surface area contributed by atoms with Crippen molar-refractivity contribution in [2.45, 2.75) is 25.9 Å². The van der Waals surface area contributed by atoms with E-state index in [2.05, 4.69) is 10.5 Å². The van der Waals surface area contributed by atoms with E-state index in [-0.39, 0.29) is 24.8 Å².